The molecule has 1 aromatic rings. The average Bonchev–Trinajstić information content (AvgIpc) is 2.25. The maximum absolute atomic E-state index is 12.7. The summed E-state index contributed by atoms with van der Waals surface area (Å²) < 4.78 is 38.2. The van der Waals surface area contributed by atoms with Crippen molar-refractivity contribution >= 4 is 11.5 Å². The molecule has 0 unspecified atom stereocenters. The van der Waals surface area contributed by atoms with Gasteiger partial charge in [0.1, 0.15) is 11.3 Å². The number of nitro benzene ring substituents is 1. The largest absolute Gasteiger partial charge is 0.423 e. The lowest BCUT2D eigenvalue weighted by molar-refractivity contribution is -0.388. The highest BCUT2D eigenvalue weighted by atomic mass is 19.4. The fraction of sp³-hybridized carbons (Fsp3) is 0.462. The van der Waals surface area contributed by atoms with Crippen molar-refractivity contribution in [2.24, 2.45) is 5.92 Å². The molecule has 0 aliphatic heterocycles. The van der Waals surface area contributed by atoms with Gasteiger partial charge in [-0.3, -0.25) is 14.9 Å². The molecule has 4 nitrogen and oxygen atoms in total. The zero-order chi connectivity index (χ0) is 15.5. The smallest absolute Gasteiger partial charge is 0.299 e. The zero-order valence-corrected chi connectivity index (χ0v) is 11.0. The monoisotopic (exact) mass is 289 g/mol. The van der Waals surface area contributed by atoms with Gasteiger partial charge < -0.3 is 0 Å². The SMILES string of the molecule is CC(C)CC(=O)Cc1ccc([N+](=O)[O-])c(C(F)(F)F)c1. The lowest BCUT2D eigenvalue weighted by atomic mass is 9.99. The highest BCUT2D eigenvalue weighted by Gasteiger charge is 2.38. The summed E-state index contributed by atoms with van der Waals surface area (Å²) in [5, 5.41) is 10.6. The quantitative estimate of drug-likeness (QED) is 0.612. The van der Waals surface area contributed by atoms with E-state index < -0.39 is 22.4 Å². The summed E-state index contributed by atoms with van der Waals surface area (Å²) in [6, 6.07) is 2.66. The summed E-state index contributed by atoms with van der Waals surface area (Å²) in [5.74, 6) is -0.0791. The molecule has 110 valence electrons. The Hall–Kier alpha value is -1.92. The van der Waals surface area contributed by atoms with Crippen molar-refractivity contribution in [3.63, 3.8) is 0 Å². The normalized spacial score (nSPS) is 11.7. The Bertz CT molecular complexity index is 524. The van der Waals surface area contributed by atoms with Crippen molar-refractivity contribution in [1.82, 2.24) is 0 Å². The van der Waals surface area contributed by atoms with Crippen LogP contribution in [0.2, 0.25) is 0 Å². The molecule has 0 aliphatic carbocycles. The molecule has 7 heteroatoms. The van der Waals surface area contributed by atoms with Crippen LogP contribution in [0, 0.1) is 16.0 Å². The van der Waals surface area contributed by atoms with Crippen LogP contribution in [0.4, 0.5) is 18.9 Å². The van der Waals surface area contributed by atoms with Crippen molar-refractivity contribution in [2.75, 3.05) is 0 Å². The molecule has 0 amide bonds. The second kappa shape index (κ2) is 6.02. The summed E-state index contributed by atoms with van der Waals surface area (Å²) in [6.45, 7) is 3.66. The summed E-state index contributed by atoms with van der Waals surface area (Å²) in [4.78, 5) is 21.1. The number of carbonyl (C=O) groups excluding carboxylic acids is 1. The topological polar surface area (TPSA) is 60.2 Å². The Labute approximate surface area is 113 Å². The summed E-state index contributed by atoms with van der Waals surface area (Å²) in [5.41, 5.74) is -2.19. The van der Waals surface area contributed by atoms with Crippen LogP contribution >= 0.6 is 0 Å². The minimum atomic E-state index is -4.82. The number of alkyl halides is 3. The molecule has 0 atom stereocenters. The van der Waals surface area contributed by atoms with E-state index in [1.807, 2.05) is 13.8 Å². The van der Waals surface area contributed by atoms with Crippen LogP contribution in [-0.4, -0.2) is 10.7 Å². The first-order valence-electron chi connectivity index (χ1n) is 5.97. The van der Waals surface area contributed by atoms with Gasteiger partial charge in [-0.1, -0.05) is 19.9 Å². The molecule has 1 rings (SSSR count). The Morgan fingerprint density at radius 2 is 1.95 bits per heavy atom. The van der Waals surface area contributed by atoms with Gasteiger partial charge in [0.05, 0.1) is 4.92 Å². The minimum absolute atomic E-state index is 0.114. The van der Waals surface area contributed by atoms with E-state index in [2.05, 4.69) is 0 Å². The second-order valence-electron chi connectivity index (χ2n) is 4.92. The lowest BCUT2D eigenvalue weighted by Crippen LogP contribution is -2.11. The van der Waals surface area contributed by atoms with Crippen LogP contribution < -0.4 is 0 Å². The predicted molar refractivity (Wildman–Crippen MR) is 66.3 cm³/mol. The molecule has 0 bridgehead atoms. The van der Waals surface area contributed by atoms with E-state index in [4.69, 9.17) is 0 Å². The highest BCUT2D eigenvalue weighted by Crippen LogP contribution is 2.36. The van der Waals surface area contributed by atoms with Crippen molar-refractivity contribution in [2.45, 2.75) is 32.9 Å². The third-order valence-electron chi connectivity index (χ3n) is 2.60. The van der Waals surface area contributed by atoms with Gasteiger partial charge in [-0.05, 0) is 17.5 Å². The van der Waals surface area contributed by atoms with Gasteiger partial charge in [-0.25, -0.2) is 0 Å². The van der Waals surface area contributed by atoms with Gasteiger partial charge in [0.25, 0.3) is 5.69 Å². The fourth-order valence-corrected chi connectivity index (χ4v) is 1.83. The first kappa shape index (κ1) is 16.1. The van der Waals surface area contributed by atoms with Crippen molar-refractivity contribution < 1.29 is 22.9 Å². The molecule has 1 aromatic carbocycles. The minimum Gasteiger partial charge on any atom is -0.299 e. The molecular weight excluding hydrogens is 275 g/mol. The summed E-state index contributed by atoms with van der Waals surface area (Å²) in [6.07, 6.45) is -4.71. The van der Waals surface area contributed by atoms with E-state index in [1.165, 1.54) is 6.07 Å². The Balaban J connectivity index is 3.08. The number of halogens is 3. The molecule has 0 spiro atoms. The Kier molecular flexibility index (Phi) is 4.86. The van der Waals surface area contributed by atoms with Crippen molar-refractivity contribution in [3.05, 3.63) is 39.4 Å². The van der Waals surface area contributed by atoms with Crippen LogP contribution in [0.5, 0.6) is 0 Å². The van der Waals surface area contributed by atoms with E-state index in [0.717, 1.165) is 6.07 Å². The van der Waals surface area contributed by atoms with Crippen molar-refractivity contribution in [3.8, 4) is 0 Å². The third-order valence-corrected chi connectivity index (χ3v) is 2.60. The first-order chi connectivity index (χ1) is 9.11. The fourth-order valence-electron chi connectivity index (χ4n) is 1.83. The second-order valence-corrected chi connectivity index (χ2v) is 4.92. The molecule has 0 aliphatic rings. The van der Waals surface area contributed by atoms with Crippen LogP contribution in [0.25, 0.3) is 0 Å². The van der Waals surface area contributed by atoms with Gasteiger partial charge in [0.15, 0.2) is 0 Å². The molecule has 20 heavy (non-hydrogen) atoms. The molecule has 0 saturated heterocycles. The van der Waals surface area contributed by atoms with Gasteiger partial charge in [0, 0.05) is 18.9 Å². The number of benzene rings is 1. The van der Waals surface area contributed by atoms with Crippen LogP contribution in [0.15, 0.2) is 18.2 Å². The lowest BCUT2D eigenvalue weighted by Gasteiger charge is -2.10. The van der Waals surface area contributed by atoms with Crippen molar-refractivity contribution in [1.29, 1.82) is 0 Å². The highest BCUT2D eigenvalue weighted by molar-refractivity contribution is 5.81. The maximum atomic E-state index is 12.7. The Morgan fingerprint density at radius 1 is 1.35 bits per heavy atom. The van der Waals surface area contributed by atoms with Gasteiger partial charge in [-0.2, -0.15) is 13.2 Å². The molecule has 0 radical (unpaired) electrons. The van der Waals surface area contributed by atoms with E-state index >= 15 is 0 Å². The number of hydrogen-bond donors (Lipinski definition) is 0. The molecule has 0 aromatic heterocycles. The van der Waals surface area contributed by atoms with Gasteiger partial charge in [-0.15, -0.1) is 0 Å². The summed E-state index contributed by atoms with van der Waals surface area (Å²) in [7, 11) is 0. The maximum Gasteiger partial charge on any atom is 0.423 e. The number of rotatable bonds is 5. The molecular formula is C13H14F3NO3. The Morgan fingerprint density at radius 3 is 2.40 bits per heavy atom. The third kappa shape index (κ3) is 4.32. The number of hydrogen-bond acceptors (Lipinski definition) is 3. The zero-order valence-electron chi connectivity index (χ0n) is 11.0. The number of carbonyl (C=O) groups is 1. The van der Waals surface area contributed by atoms with Crippen LogP contribution in [-0.2, 0) is 17.4 Å². The number of nitro groups is 1. The molecule has 0 fully saturated rings. The van der Waals surface area contributed by atoms with Crippen LogP contribution in [0.1, 0.15) is 31.4 Å². The first-order valence-corrected chi connectivity index (χ1v) is 5.97. The molecule has 0 N–H and O–H groups in total. The standard InChI is InChI=1S/C13H14F3NO3/c1-8(2)5-10(18)6-9-3-4-12(17(19)20)11(7-9)13(14,15)16/h3-4,7-8H,5-6H2,1-2H3. The number of ketones is 1. The molecule has 0 saturated carbocycles. The van der Waals surface area contributed by atoms with E-state index in [1.54, 1.807) is 0 Å². The van der Waals surface area contributed by atoms with Gasteiger partial charge >= 0.3 is 6.18 Å². The van der Waals surface area contributed by atoms with E-state index in [9.17, 15) is 28.1 Å². The van der Waals surface area contributed by atoms with Gasteiger partial charge in [0.2, 0.25) is 0 Å². The molecule has 0 heterocycles. The number of Topliss-reactive ketones (excluding diaryl/α,β-unsaturated/α-hetero) is 1. The van der Waals surface area contributed by atoms with E-state index in [0.29, 0.717) is 6.07 Å². The van der Waals surface area contributed by atoms with E-state index in [-0.39, 0.29) is 30.1 Å². The average molecular weight is 289 g/mol. The number of nitrogens with zero attached hydrogens (tertiary/aromatic N) is 1. The summed E-state index contributed by atoms with van der Waals surface area (Å²) >= 11 is 0. The van der Waals surface area contributed by atoms with Crippen LogP contribution in [0.3, 0.4) is 0 Å². The predicted octanol–water partition coefficient (Wildman–Crippen LogP) is 3.77.